The normalized spacial score (nSPS) is 21.9. The first kappa shape index (κ1) is 24.8. The molecule has 1 aliphatic carbocycles. The average molecular weight is 507 g/mol. The monoisotopic (exact) mass is 506 g/mol. The van der Waals surface area contributed by atoms with Crippen LogP contribution in [-0.2, 0) is 6.42 Å². The van der Waals surface area contributed by atoms with Crippen LogP contribution < -0.4 is 16.4 Å². The Morgan fingerprint density at radius 1 is 1.08 bits per heavy atom. The van der Waals surface area contributed by atoms with E-state index in [0.29, 0.717) is 11.7 Å². The van der Waals surface area contributed by atoms with Crippen molar-refractivity contribution in [2.24, 2.45) is 11.8 Å². The quantitative estimate of drug-likeness (QED) is 0.229. The molecular weight excluding hydrogens is 472 g/mol. The lowest BCUT2D eigenvalue weighted by molar-refractivity contribution is 0.0956. The Labute approximate surface area is 215 Å². The van der Waals surface area contributed by atoms with E-state index in [1.165, 1.54) is 29.8 Å². The highest BCUT2D eigenvalue weighted by molar-refractivity contribution is 7.09. The molecule has 3 heterocycles. The lowest BCUT2D eigenvalue weighted by Crippen LogP contribution is -2.29. The van der Waals surface area contributed by atoms with Crippen LogP contribution >= 0.6 is 11.5 Å². The molecule has 190 valence electrons. The minimum atomic E-state index is -0.467. The summed E-state index contributed by atoms with van der Waals surface area (Å²) in [6.45, 7) is 5.98. The van der Waals surface area contributed by atoms with Crippen LogP contribution in [0.2, 0.25) is 0 Å². The van der Waals surface area contributed by atoms with E-state index in [1.807, 2.05) is 6.20 Å². The van der Waals surface area contributed by atoms with Gasteiger partial charge < -0.3 is 26.0 Å². The molecule has 1 aromatic carbocycles. The molecule has 0 radical (unpaired) electrons. The summed E-state index contributed by atoms with van der Waals surface area (Å²) in [5.74, 6) is 0.964. The number of nitrogens with two attached hydrogens (primary N) is 1. The highest BCUT2D eigenvalue weighted by atomic mass is 32.1. The molecule has 0 amide bonds. The largest absolute Gasteiger partial charge is 0.391 e. The molecule has 0 unspecified atom stereocenters. The van der Waals surface area contributed by atoms with Crippen molar-refractivity contribution in [3.63, 3.8) is 0 Å². The number of aliphatic hydroxyl groups is 1. The summed E-state index contributed by atoms with van der Waals surface area (Å²) < 4.78 is 6.21. The third-order valence-electron chi connectivity index (χ3n) is 7.36. The van der Waals surface area contributed by atoms with Gasteiger partial charge in [0, 0.05) is 11.8 Å². The standard InChI is InChI=1S/C26H34N8OS/c1-17-19(13-29-10-5-9-28-11-8-18-6-3-2-4-7-18)12-21(23(17)35)34-14-20(26-32-16-33-36-26)22-24(27)30-15-31-25(22)34/h2-4,6-7,14-17,19,21,23,28-29,35H,5,8-13H2,1H3,(H2,27,30,31)/t17-,19-,21-,23-/m1/s1. The molecule has 0 aliphatic heterocycles. The third kappa shape index (κ3) is 5.27. The zero-order chi connectivity index (χ0) is 24.9. The highest BCUT2D eigenvalue weighted by Crippen LogP contribution is 2.43. The van der Waals surface area contributed by atoms with Crippen LogP contribution in [0.4, 0.5) is 5.82 Å². The molecule has 0 saturated heterocycles. The van der Waals surface area contributed by atoms with E-state index in [4.69, 9.17) is 5.73 Å². The van der Waals surface area contributed by atoms with Gasteiger partial charge in [-0.05, 0) is 74.4 Å². The molecule has 1 aliphatic rings. The van der Waals surface area contributed by atoms with Crippen LogP contribution in [0.25, 0.3) is 21.6 Å². The maximum absolute atomic E-state index is 11.2. The van der Waals surface area contributed by atoms with Crippen molar-refractivity contribution in [2.75, 3.05) is 31.9 Å². The first-order valence-electron chi connectivity index (χ1n) is 12.6. The van der Waals surface area contributed by atoms with Crippen LogP contribution in [0.1, 0.15) is 31.4 Å². The van der Waals surface area contributed by atoms with Crippen molar-refractivity contribution >= 4 is 28.4 Å². The number of hydrogen-bond acceptors (Lipinski definition) is 9. The number of aliphatic hydroxyl groups excluding tert-OH is 1. The van der Waals surface area contributed by atoms with Gasteiger partial charge in [-0.2, -0.15) is 4.37 Å². The maximum Gasteiger partial charge on any atom is 0.146 e. The van der Waals surface area contributed by atoms with Crippen molar-refractivity contribution < 1.29 is 5.11 Å². The molecule has 10 heteroatoms. The zero-order valence-electron chi connectivity index (χ0n) is 20.5. The second-order valence-corrected chi connectivity index (χ2v) is 10.4. The fourth-order valence-corrected chi connectivity index (χ4v) is 5.83. The van der Waals surface area contributed by atoms with E-state index in [2.05, 4.69) is 71.8 Å². The molecule has 4 atom stereocenters. The van der Waals surface area contributed by atoms with Gasteiger partial charge in [-0.1, -0.05) is 37.3 Å². The number of benzene rings is 1. The van der Waals surface area contributed by atoms with Gasteiger partial charge in [0.15, 0.2) is 0 Å². The van der Waals surface area contributed by atoms with E-state index >= 15 is 0 Å². The third-order valence-corrected chi connectivity index (χ3v) is 8.05. The maximum atomic E-state index is 11.2. The zero-order valence-corrected chi connectivity index (χ0v) is 21.4. The number of nitrogens with one attached hydrogen (secondary N) is 2. The molecular formula is C26H34N8OS. The smallest absolute Gasteiger partial charge is 0.146 e. The Balaban J connectivity index is 1.15. The highest BCUT2D eigenvalue weighted by Gasteiger charge is 2.41. The van der Waals surface area contributed by atoms with Crippen LogP contribution in [0.3, 0.4) is 0 Å². The van der Waals surface area contributed by atoms with Gasteiger partial charge >= 0.3 is 0 Å². The molecule has 0 spiro atoms. The van der Waals surface area contributed by atoms with Crippen molar-refractivity contribution in [1.29, 1.82) is 0 Å². The fraction of sp³-hybridized carbons (Fsp3) is 0.462. The SMILES string of the molecule is C[C@@H]1[C@@H](CNCCCNCCc2ccccc2)C[C@@H](n2cc(-c3ncns3)c3c(N)ncnc32)[C@@H]1O. The van der Waals surface area contributed by atoms with Crippen molar-refractivity contribution in [3.8, 4) is 10.6 Å². The van der Waals surface area contributed by atoms with Gasteiger partial charge in [-0.15, -0.1) is 0 Å². The summed E-state index contributed by atoms with van der Waals surface area (Å²) >= 11 is 1.31. The van der Waals surface area contributed by atoms with Crippen LogP contribution in [0.15, 0.2) is 49.2 Å². The van der Waals surface area contributed by atoms with E-state index in [-0.39, 0.29) is 12.0 Å². The molecule has 4 aromatic rings. The first-order chi connectivity index (χ1) is 17.6. The summed E-state index contributed by atoms with van der Waals surface area (Å²) in [6, 6.07) is 10.5. The summed E-state index contributed by atoms with van der Waals surface area (Å²) in [5.41, 5.74) is 9.20. The number of anilines is 1. The molecule has 1 fully saturated rings. The Hall–Kier alpha value is -2.92. The summed E-state index contributed by atoms with van der Waals surface area (Å²) in [6.07, 6.45) is 7.56. The number of nitrogens with zero attached hydrogens (tertiary/aromatic N) is 5. The number of rotatable bonds is 11. The van der Waals surface area contributed by atoms with E-state index < -0.39 is 6.10 Å². The Kier molecular flexibility index (Phi) is 7.86. The van der Waals surface area contributed by atoms with Gasteiger partial charge in [-0.3, -0.25) is 0 Å². The van der Waals surface area contributed by atoms with Crippen LogP contribution in [-0.4, -0.2) is 61.3 Å². The van der Waals surface area contributed by atoms with Gasteiger partial charge in [0.05, 0.1) is 17.5 Å². The fourth-order valence-electron chi connectivity index (χ4n) is 5.28. The summed E-state index contributed by atoms with van der Waals surface area (Å²) in [7, 11) is 0. The van der Waals surface area contributed by atoms with Gasteiger partial charge in [0.2, 0.25) is 0 Å². The molecule has 36 heavy (non-hydrogen) atoms. The molecule has 5 rings (SSSR count). The van der Waals surface area contributed by atoms with Gasteiger partial charge in [-0.25, -0.2) is 15.0 Å². The second kappa shape index (κ2) is 11.4. The van der Waals surface area contributed by atoms with E-state index in [9.17, 15) is 5.11 Å². The average Bonchev–Trinajstić information content (AvgIpc) is 3.62. The predicted molar refractivity (Wildman–Crippen MR) is 144 cm³/mol. The van der Waals surface area contributed by atoms with Crippen molar-refractivity contribution in [2.45, 2.75) is 38.3 Å². The lowest BCUT2D eigenvalue weighted by Gasteiger charge is -2.20. The number of nitrogen functional groups attached to an aromatic ring is 1. The molecule has 9 nitrogen and oxygen atoms in total. The van der Waals surface area contributed by atoms with Crippen LogP contribution in [0.5, 0.6) is 0 Å². The number of hydrogen-bond donors (Lipinski definition) is 4. The Morgan fingerprint density at radius 2 is 1.92 bits per heavy atom. The van der Waals surface area contributed by atoms with E-state index in [0.717, 1.165) is 67.0 Å². The lowest BCUT2D eigenvalue weighted by atomic mass is 9.97. The topological polar surface area (TPSA) is 127 Å². The molecule has 3 aromatic heterocycles. The van der Waals surface area contributed by atoms with Crippen LogP contribution in [0, 0.1) is 11.8 Å². The molecule has 1 saturated carbocycles. The molecule has 0 bridgehead atoms. The van der Waals surface area contributed by atoms with Crippen molar-refractivity contribution in [1.82, 2.24) is 34.5 Å². The minimum Gasteiger partial charge on any atom is -0.391 e. The number of aromatic nitrogens is 5. The summed E-state index contributed by atoms with van der Waals surface area (Å²) in [4.78, 5) is 13.1. The van der Waals surface area contributed by atoms with Gasteiger partial charge in [0.25, 0.3) is 0 Å². The molecule has 5 N–H and O–H groups in total. The Morgan fingerprint density at radius 3 is 2.72 bits per heavy atom. The summed E-state index contributed by atoms with van der Waals surface area (Å²) in [5, 5.41) is 19.9. The predicted octanol–water partition coefficient (Wildman–Crippen LogP) is 2.90. The van der Waals surface area contributed by atoms with Crippen molar-refractivity contribution in [3.05, 3.63) is 54.7 Å². The minimum absolute atomic E-state index is 0.0788. The first-order valence-corrected chi connectivity index (χ1v) is 13.4. The van der Waals surface area contributed by atoms with E-state index in [1.54, 1.807) is 0 Å². The second-order valence-electron chi connectivity index (χ2n) is 9.61. The Bertz CT molecular complexity index is 1250. The number of fused-ring (bicyclic) bond motifs is 1. The van der Waals surface area contributed by atoms with Gasteiger partial charge in [0.1, 0.15) is 29.1 Å².